The van der Waals surface area contributed by atoms with E-state index in [0.717, 1.165) is 12.3 Å². The number of thiazole rings is 1. The highest BCUT2D eigenvalue weighted by atomic mass is 32.1. The Hall–Kier alpha value is -0.410. The lowest BCUT2D eigenvalue weighted by Gasteiger charge is -2.33. The Kier molecular flexibility index (Phi) is 5.25. The molecule has 1 aromatic heterocycles. The van der Waals surface area contributed by atoms with Gasteiger partial charge in [-0.05, 0) is 31.1 Å². The van der Waals surface area contributed by atoms with Crippen LogP contribution in [0.15, 0.2) is 5.38 Å². The van der Waals surface area contributed by atoms with E-state index in [1.54, 1.807) is 0 Å². The Morgan fingerprint density at radius 1 is 1.35 bits per heavy atom. The Bertz CT molecular complexity index is 419. The molecule has 1 saturated carbocycles. The van der Waals surface area contributed by atoms with Crippen LogP contribution in [-0.4, -0.2) is 11.0 Å². The molecule has 1 aliphatic rings. The van der Waals surface area contributed by atoms with Crippen molar-refractivity contribution in [1.29, 1.82) is 0 Å². The minimum atomic E-state index is 0.161. The molecule has 1 aromatic rings. The molecule has 0 spiro atoms. The van der Waals surface area contributed by atoms with Gasteiger partial charge in [0, 0.05) is 23.3 Å². The second-order valence-electron chi connectivity index (χ2n) is 7.47. The molecule has 20 heavy (non-hydrogen) atoms. The zero-order chi connectivity index (χ0) is 14.8. The first-order chi connectivity index (χ1) is 9.40. The van der Waals surface area contributed by atoms with Crippen LogP contribution in [0.5, 0.6) is 0 Å². The van der Waals surface area contributed by atoms with Gasteiger partial charge in [-0.2, -0.15) is 0 Å². The van der Waals surface area contributed by atoms with Crippen LogP contribution in [0.4, 0.5) is 0 Å². The van der Waals surface area contributed by atoms with Crippen LogP contribution >= 0.6 is 11.3 Å². The van der Waals surface area contributed by atoms with Crippen LogP contribution in [0.3, 0.4) is 0 Å². The van der Waals surface area contributed by atoms with Crippen molar-refractivity contribution in [2.45, 2.75) is 77.7 Å². The van der Waals surface area contributed by atoms with Gasteiger partial charge in [0.25, 0.3) is 0 Å². The molecule has 2 nitrogen and oxygen atoms in total. The first kappa shape index (κ1) is 16.0. The van der Waals surface area contributed by atoms with E-state index < -0.39 is 0 Å². The molecule has 0 aromatic carbocycles. The molecule has 1 fully saturated rings. The minimum Gasteiger partial charge on any atom is -0.327 e. The SMILES string of the molecule is CCCC1CCC(N)C(Cc2nc(C(C)(C)C)cs2)C1. The first-order valence-corrected chi connectivity index (χ1v) is 8.98. The van der Waals surface area contributed by atoms with Crippen LogP contribution in [0.25, 0.3) is 0 Å². The van der Waals surface area contributed by atoms with Gasteiger partial charge in [0.05, 0.1) is 10.7 Å². The van der Waals surface area contributed by atoms with E-state index in [4.69, 9.17) is 10.7 Å². The molecule has 1 aliphatic carbocycles. The smallest absolute Gasteiger partial charge is 0.0931 e. The number of rotatable bonds is 4. The predicted molar refractivity (Wildman–Crippen MR) is 88.2 cm³/mol. The van der Waals surface area contributed by atoms with Gasteiger partial charge in [0.15, 0.2) is 0 Å². The van der Waals surface area contributed by atoms with Crippen LogP contribution in [0, 0.1) is 11.8 Å². The van der Waals surface area contributed by atoms with Crippen LogP contribution in [0.1, 0.15) is 70.5 Å². The van der Waals surface area contributed by atoms with E-state index in [1.807, 2.05) is 11.3 Å². The van der Waals surface area contributed by atoms with Crippen LogP contribution in [-0.2, 0) is 11.8 Å². The largest absolute Gasteiger partial charge is 0.327 e. The summed E-state index contributed by atoms with van der Waals surface area (Å²) in [5, 5.41) is 3.51. The van der Waals surface area contributed by atoms with Gasteiger partial charge in [-0.15, -0.1) is 11.3 Å². The van der Waals surface area contributed by atoms with Gasteiger partial charge in [0.2, 0.25) is 0 Å². The number of nitrogens with two attached hydrogens (primary N) is 1. The summed E-state index contributed by atoms with van der Waals surface area (Å²) in [6.45, 7) is 8.99. The Morgan fingerprint density at radius 3 is 2.70 bits per heavy atom. The van der Waals surface area contributed by atoms with E-state index >= 15 is 0 Å². The van der Waals surface area contributed by atoms with E-state index in [9.17, 15) is 0 Å². The summed E-state index contributed by atoms with van der Waals surface area (Å²) < 4.78 is 0. The maximum atomic E-state index is 6.35. The van der Waals surface area contributed by atoms with Crippen molar-refractivity contribution in [2.75, 3.05) is 0 Å². The zero-order valence-electron chi connectivity index (χ0n) is 13.5. The first-order valence-electron chi connectivity index (χ1n) is 8.10. The molecule has 114 valence electrons. The van der Waals surface area contributed by atoms with Crippen molar-refractivity contribution in [2.24, 2.45) is 17.6 Å². The summed E-state index contributed by atoms with van der Waals surface area (Å²) in [5.74, 6) is 1.53. The molecule has 0 bridgehead atoms. The summed E-state index contributed by atoms with van der Waals surface area (Å²) in [7, 11) is 0. The Labute approximate surface area is 128 Å². The quantitative estimate of drug-likeness (QED) is 0.886. The van der Waals surface area contributed by atoms with E-state index in [1.165, 1.54) is 42.8 Å². The fourth-order valence-electron chi connectivity index (χ4n) is 3.26. The maximum Gasteiger partial charge on any atom is 0.0931 e. The summed E-state index contributed by atoms with van der Waals surface area (Å²) in [6, 6.07) is 0.380. The summed E-state index contributed by atoms with van der Waals surface area (Å²) in [4.78, 5) is 4.84. The molecule has 3 unspecified atom stereocenters. The summed E-state index contributed by atoms with van der Waals surface area (Å²) >= 11 is 1.82. The molecule has 0 amide bonds. The highest BCUT2D eigenvalue weighted by Gasteiger charge is 2.29. The number of aromatic nitrogens is 1. The molecule has 0 aliphatic heterocycles. The van der Waals surface area contributed by atoms with Gasteiger partial charge in [-0.1, -0.05) is 40.5 Å². The highest BCUT2D eigenvalue weighted by Crippen LogP contribution is 2.34. The maximum absolute atomic E-state index is 6.35. The Balaban J connectivity index is 1.99. The van der Waals surface area contributed by atoms with E-state index in [-0.39, 0.29) is 5.41 Å². The van der Waals surface area contributed by atoms with Gasteiger partial charge in [0.1, 0.15) is 0 Å². The molecule has 2 N–H and O–H groups in total. The van der Waals surface area contributed by atoms with Crippen molar-refractivity contribution in [3.8, 4) is 0 Å². The molecule has 2 rings (SSSR count). The van der Waals surface area contributed by atoms with Crippen molar-refractivity contribution in [1.82, 2.24) is 4.98 Å². The normalized spacial score (nSPS) is 27.8. The highest BCUT2D eigenvalue weighted by molar-refractivity contribution is 7.09. The average Bonchev–Trinajstić information content (AvgIpc) is 2.82. The fraction of sp³-hybridized carbons (Fsp3) is 0.824. The second kappa shape index (κ2) is 6.57. The average molecular weight is 295 g/mol. The van der Waals surface area contributed by atoms with E-state index in [2.05, 4.69) is 33.1 Å². The van der Waals surface area contributed by atoms with Gasteiger partial charge in [-0.25, -0.2) is 4.98 Å². The monoisotopic (exact) mass is 294 g/mol. The minimum absolute atomic E-state index is 0.161. The standard InChI is InChI=1S/C17H30N2S/c1-5-6-12-7-8-14(18)13(9-12)10-16-19-15(11-20-16)17(2,3)4/h11-14H,5-10,18H2,1-4H3. The number of hydrogen-bond donors (Lipinski definition) is 1. The lowest BCUT2D eigenvalue weighted by molar-refractivity contribution is 0.221. The topological polar surface area (TPSA) is 38.9 Å². The van der Waals surface area contributed by atoms with Crippen molar-refractivity contribution < 1.29 is 0 Å². The third-order valence-corrected chi connectivity index (χ3v) is 5.47. The summed E-state index contributed by atoms with van der Waals surface area (Å²) in [6.07, 6.45) is 7.59. The number of hydrogen-bond acceptors (Lipinski definition) is 3. The lowest BCUT2D eigenvalue weighted by Crippen LogP contribution is -2.37. The van der Waals surface area contributed by atoms with Crippen molar-refractivity contribution >= 4 is 11.3 Å². The molecular formula is C17H30N2S. The van der Waals surface area contributed by atoms with Crippen molar-refractivity contribution in [3.63, 3.8) is 0 Å². The van der Waals surface area contributed by atoms with Crippen LogP contribution in [0.2, 0.25) is 0 Å². The third-order valence-electron chi connectivity index (χ3n) is 4.60. The molecule has 3 heteroatoms. The lowest BCUT2D eigenvalue weighted by atomic mass is 9.75. The van der Waals surface area contributed by atoms with Gasteiger partial charge in [-0.3, -0.25) is 0 Å². The molecule has 3 atom stereocenters. The number of nitrogens with zero attached hydrogens (tertiary/aromatic N) is 1. The molecule has 1 heterocycles. The van der Waals surface area contributed by atoms with Crippen LogP contribution < -0.4 is 5.73 Å². The zero-order valence-corrected chi connectivity index (χ0v) is 14.3. The summed E-state index contributed by atoms with van der Waals surface area (Å²) in [5.41, 5.74) is 7.74. The molecule has 0 saturated heterocycles. The second-order valence-corrected chi connectivity index (χ2v) is 8.41. The molecule has 0 radical (unpaired) electrons. The predicted octanol–water partition coefficient (Wildman–Crippen LogP) is 4.53. The fourth-order valence-corrected chi connectivity index (χ4v) is 4.38. The van der Waals surface area contributed by atoms with Gasteiger partial charge >= 0.3 is 0 Å². The van der Waals surface area contributed by atoms with Gasteiger partial charge < -0.3 is 5.73 Å². The van der Waals surface area contributed by atoms with E-state index in [0.29, 0.717) is 12.0 Å². The Morgan fingerprint density at radius 2 is 2.10 bits per heavy atom. The van der Waals surface area contributed by atoms with Crippen molar-refractivity contribution in [3.05, 3.63) is 16.1 Å². The third kappa shape index (κ3) is 4.05. The molecular weight excluding hydrogens is 264 g/mol.